The Balaban J connectivity index is 1.50. The van der Waals surface area contributed by atoms with Crippen LogP contribution in [0.15, 0.2) is 52.6 Å². The first kappa shape index (κ1) is 23.1. The van der Waals surface area contributed by atoms with Crippen molar-refractivity contribution < 1.29 is 14.6 Å². The van der Waals surface area contributed by atoms with Crippen molar-refractivity contribution in [3.05, 3.63) is 63.8 Å². The highest BCUT2D eigenvalue weighted by Crippen LogP contribution is 2.19. The van der Waals surface area contributed by atoms with Gasteiger partial charge in [0.05, 0.1) is 20.0 Å². The maximum atomic E-state index is 12.6. The SMILES string of the molecule is COc1ccc(OC[C@H](O)Cn2c(NCCCn3ccnc3)nc3c2c(=O)[nH]c(=O)n3C)cc1. The number of nitrogens with zero attached hydrogens (tertiary/aromatic N) is 5. The number of rotatable bonds is 11. The fourth-order valence-corrected chi connectivity index (χ4v) is 3.56. The molecule has 0 amide bonds. The van der Waals surface area contributed by atoms with Crippen molar-refractivity contribution in [2.75, 3.05) is 25.6 Å². The molecule has 1 atom stereocenters. The highest BCUT2D eigenvalue weighted by atomic mass is 16.5. The predicted molar refractivity (Wildman–Crippen MR) is 125 cm³/mol. The molecule has 12 nitrogen and oxygen atoms in total. The van der Waals surface area contributed by atoms with Gasteiger partial charge < -0.3 is 29.0 Å². The summed E-state index contributed by atoms with van der Waals surface area (Å²) in [5.41, 5.74) is -0.700. The van der Waals surface area contributed by atoms with Crippen LogP contribution in [0.2, 0.25) is 0 Å². The summed E-state index contributed by atoms with van der Waals surface area (Å²) >= 11 is 0. The number of aliphatic hydroxyl groups excluding tert-OH is 1. The van der Waals surface area contributed by atoms with E-state index in [1.54, 1.807) is 48.5 Å². The molecule has 0 saturated carbocycles. The van der Waals surface area contributed by atoms with Crippen molar-refractivity contribution in [3.63, 3.8) is 0 Å². The number of benzene rings is 1. The standard InChI is InChI=1S/C22H27N7O5/c1-27-19-18(20(31)26-22(27)32)29(21(25-19)24-8-3-10-28-11-9-23-14-28)12-15(30)13-34-17-6-4-16(33-2)5-7-17/h4-7,9,11,14-15,30H,3,8,10,12-13H2,1-2H3,(H,24,25)(H,26,31,32)/t15-/m1/s1. The number of aromatic nitrogens is 6. The van der Waals surface area contributed by atoms with Gasteiger partial charge in [0, 0.05) is 32.5 Å². The highest BCUT2D eigenvalue weighted by molar-refractivity contribution is 5.74. The smallest absolute Gasteiger partial charge is 0.329 e. The minimum atomic E-state index is -0.942. The van der Waals surface area contributed by atoms with E-state index in [4.69, 9.17) is 9.47 Å². The molecule has 0 radical (unpaired) electrons. The number of hydrogen-bond acceptors (Lipinski definition) is 8. The average molecular weight is 470 g/mol. The summed E-state index contributed by atoms with van der Waals surface area (Å²) in [7, 11) is 3.11. The van der Waals surface area contributed by atoms with Crippen LogP contribution >= 0.6 is 0 Å². The van der Waals surface area contributed by atoms with Crippen LogP contribution in [0, 0.1) is 0 Å². The Kier molecular flexibility index (Phi) is 6.97. The average Bonchev–Trinajstić information content (AvgIpc) is 3.48. The molecule has 3 N–H and O–H groups in total. The van der Waals surface area contributed by atoms with Crippen LogP contribution < -0.4 is 26.0 Å². The van der Waals surface area contributed by atoms with Crippen molar-refractivity contribution in [2.45, 2.75) is 25.6 Å². The molecule has 34 heavy (non-hydrogen) atoms. The lowest BCUT2D eigenvalue weighted by atomic mass is 10.3. The Morgan fingerprint density at radius 1 is 1.21 bits per heavy atom. The normalized spacial score (nSPS) is 12.1. The number of nitrogens with one attached hydrogen (secondary N) is 2. The monoisotopic (exact) mass is 469 g/mol. The third-order valence-corrected chi connectivity index (χ3v) is 5.34. The minimum Gasteiger partial charge on any atom is -0.497 e. The van der Waals surface area contributed by atoms with E-state index in [-0.39, 0.29) is 24.3 Å². The van der Waals surface area contributed by atoms with Crippen molar-refractivity contribution in [1.29, 1.82) is 0 Å². The summed E-state index contributed by atoms with van der Waals surface area (Å²) in [5, 5.41) is 13.9. The number of aliphatic hydroxyl groups is 1. The summed E-state index contributed by atoms with van der Waals surface area (Å²) in [6.07, 6.45) is 5.17. The quantitative estimate of drug-likeness (QED) is 0.271. The molecule has 0 aliphatic heterocycles. The Morgan fingerprint density at radius 2 is 1.97 bits per heavy atom. The number of anilines is 1. The second-order valence-corrected chi connectivity index (χ2v) is 7.76. The van der Waals surface area contributed by atoms with Gasteiger partial charge in [-0.1, -0.05) is 0 Å². The number of hydrogen-bond donors (Lipinski definition) is 3. The largest absolute Gasteiger partial charge is 0.497 e. The van der Waals surface area contributed by atoms with Gasteiger partial charge in [0.2, 0.25) is 5.95 Å². The molecular weight excluding hydrogens is 442 g/mol. The number of methoxy groups -OCH3 is 1. The van der Waals surface area contributed by atoms with E-state index in [0.717, 1.165) is 13.0 Å². The fraction of sp³-hybridized carbons (Fsp3) is 0.364. The molecule has 0 bridgehead atoms. The van der Waals surface area contributed by atoms with E-state index < -0.39 is 17.4 Å². The lowest BCUT2D eigenvalue weighted by molar-refractivity contribution is 0.0938. The molecular formula is C22H27N7O5. The van der Waals surface area contributed by atoms with Gasteiger partial charge >= 0.3 is 5.69 Å². The van der Waals surface area contributed by atoms with Crippen molar-refractivity contribution >= 4 is 17.1 Å². The maximum absolute atomic E-state index is 12.6. The van der Waals surface area contributed by atoms with Crippen molar-refractivity contribution in [1.82, 2.24) is 28.7 Å². The lowest BCUT2D eigenvalue weighted by Gasteiger charge is -2.16. The van der Waals surface area contributed by atoms with E-state index in [9.17, 15) is 14.7 Å². The van der Waals surface area contributed by atoms with Gasteiger partial charge in [0.15, 0.2) is 11.2 Å². The van der Waals surface area contributed by atoms with Crippen molar-refractivity contribution in [3.8, 4) is 11.5 Å². The van der Waals surface area contributed by atoms with Gasteiger partial charge in [-0.05, 0) is 30.7 Å². The molecule has 4 rings (SSSR count). The molecule has 0 spiro atoms. The number of aromatic amines is 1. The van der Waals surface area contributed by atoms with Crippen LogP contribution in [0.25, 0.3) is 11.2 Å². The summed E-state index contributed by atoms with van der Waals surface area (Å²) in [4.78, 5) is 35.4. The molecule has 0 fully saturated rings. The van der Waals surface area contributed by atoms with Gasteiger partial charge in [-0.25, -0.2) is 9.78 Å². The molecule has 12 heteroatoms. The van der Waals surface area contributed by atoms with Crippen molar-refractivity contribution in [2.24, 2.45) is 7.05 Å². The fourth-order valence-electron chi connectivity index (χ4n) is 3.56. The van der Waals surface area contributed by atoms with Crippen LogP contribution in [0.5, 0.6) is 11.5 Å². The van der Waals surface area contributed by atoms with E-state index in [1.165, 1.54) is 11.6 Å². The predicted octanol–water partition coefficient (Wildman–Crippen LogP) is 0.571. The maximum Gasteiger partial charge on any atom is 0.329 e. The third kappa shape index (κ3) is 5.12. The molecule has 3 heterocycles. The van der Waals surface area contributed by atoms with Gasteiger partial charge in [0.1, 0.15) is 24.2 Å². The second-order valence-electron chi connectivity index (χ2n) is 7.76. The van der Waals surface area contributed by atoms with Crippen LogP contribution in [0.3, 0.4) is 0 Å². The Labute approximate surface area is 194 Å². The van der Waals surface area contributed by atoms with E-state index in [0.29, 0.717) is 24.0 Å². The topological polar surface area (TPSA) is 141 Å². The van der Waals surface area contributed by atoms with Crippen LogP contribution in [-0.4, -0.2) is 60.1 Å². The number of aryl methyl sites for hydroxylation is 2. The first-order valence-corrected chi connectivity index (χ1v) is 10.8. The van der Waals surface area contributed by atoms with Crippen LogP contribution in [0.1, 0.15) is 6.42 Å². The molecule has 0 saturated heterocycles. The molecule has 0 aliphatic rings. The Hall–Kier alpha value is -4.06. The molecule has 1 aromatic carbocycles. The number of fused-ring (bicyclic) bond motifs is 1. The molecule has 0 aliphatic carbocycles. The summed E-state index contributed by atoms with van der Waals surface area (Å²) in [6, 6.07) is 7.01. The highest BCUT2D eigenvalue weighted by Gasteiger charge is 2.20. The van der Waals surface area contributed by atoms with Gasteiger partial charge in [-0.15, -0.1) is 0 Å². The first-order chi connectivity index (χ1) is 16.5. The lowest BCUT2D eigenvalue weighted by Crippen LogP contribution is -2.31. The molecule has 180 valence electrons. The molecule has 4 aromatic rings. The molecule has 0 unspecified atom stereocenters. The number of H-pyrrole nitrogens is 1. The van der Waals surface area contributed by atoms with Crippen LogP contribution in [-0.2, 0) is 20.1 Å². The first-order valence-electron chi connectivity index (χ1n) is 10.8. The second kappa shape index (κ2) is 10.3. The van der Waals surface area contributed by atoms with E-state index >= 15 is 0 Å². The Bertz CT molecular complexity index is 1340. The summed E-state index contributed by atoms with van der Waals surface area (Å²) < 4.78 is 15.6. The van der Waals surface area contributed by atoms with Crippen LogP contribution in [0.4, 0.5) is 5.95 Å². The third-order valence-electron chi connectivity index (χ3n) is 5.34. The molecule has 3 aromatic heterocycles. The number of imidazole rings is 2. The zero-order valence-electron chi connectivity index (χ0n) is 19.0. The van der Waals surface area contributed by atoms with Gasteiger partial charge in [-0.3, -0.25) is 14.3 Å². The zero-order valence-corrected chi connectivity index (χ0v) is 19.0. The zero-order chi connectivity index (χ0) is 24.1. The van der Waals surface area contributed by atoms with Gasteiger partial charge in [0.25, 0.3) is 5.56 Å². The summed E-state index contributed by atoms with van der Waals surface area (Å²) in [6.45, 7) is 1.35. The van der Waals surface area contributed by atoms with E-state index in [1.807, 2.05) is 10.8 Å². The van der Waals surface area contributed by atoms with E-state index in [2.05, 4.69) is 20.3 Å². The summed E-state index contributed by atoms with van der Waals surface area (Å²) in [5.74, 6) is 1.66. The van der Waals surface area contributed by atoms with Gasteiger partial charge in [-0.2, -0.15) is 4.98 Å². The Morgan fingerprint density at radius 3 is 2.68 bits per heavy atom. The number of ether oxygens (including phenoxy) is 2. The minimum absolute atomic E-state index is 0.00423.